The molecule has 1 heterocycles. The van der Waals surface area contributed by atoms with E-state index in [1.54, 1.807) is 19.9 Å². The molecule has 0 aromatic heterocycles. The summed E-state index contributed by atoms with van der Waals surface area (Å²) >= 11 is 5.91. The van der Waals surface area contributed by atoms with Gasteiger partial charge in [-0.3, -0.25) is 9.69 Å². The molecule has 0 aliphatic carbocycles. The molecule has 138 valence electrons. The van der Waals surface area contributed by atoms with Crippen molar-refractivity contribution >= 4 is 23.2 Å². The SMILES string of the molecule is CC1(C)C(=O)N([C@@H](c2cc(F)cc(Cl)c2)[C@H](O)CO)c2c(F)cccc21. The molecule has 0 bridgehead atoms. The van der Waals surface area contributed by atoms with Gasteiger partial charge < -0.3 is 10.2 Å². The van der Waals surface area contributed by atoms with Gasteiger partial charge in [0, 0.05) is 5.02 Å². The van der Waals surface area contributed by atoms with Gasteiger partial charge in [-0.05, 0) is 49.2 Å². The molecule has 1 amide bonds. The van der Waals surface area contributed by atoms with E-state index >= 15 is 0 Å². The third kappa shape index (κ3) is 2.88. The number of hydrogen-bond donors (Lipinski definition) is 2. The van der Waals surface area contributed by atoms with Gasteiger partial charge >= 0.3 is 0 Å². The first-order valence-electron chi connectivity index (χ1n) is 8.06. The maximum absolute atomic E-state index is 14.6. The smallest absolute Gasteiger partial charge is 0.237 e. The summed E-state index contributed by atoms with van der Waals surface area (Å²) in [6.45, 7) is 2.59. The van der Waals surface area contributed by atoms with Crippen LogP contribution in [0.15, 0.2) is 36.4 Å². The molecular formula is C19H18ClF2NO3. The fraction of sp³-hybridized carbons (Fsp3) is 0.316. The predicted molar refractivity (Wildman–Crippen MR) is 94.2 cm³/mol. The van der Waals surface area contributed by atoms with Gasteiger partial charge in [0.15, 0.2) is 0 Å². The average Bonchev–Trinajstić information content (AvgIpc) is 2.76. The second kappa shape index (κ2) is 6.61. The van der Waals surface area contributed by atoms with Crippen LogP contribution in [0.5, 0.6) is 0 Å². The number of aliphatic hydroxyl groups is 2. The molecule has 1 aliphatic heterocycles. The highest BCUT2D eigenvalue weighted by Crippen LogP contribution is 2.47. The van der Waals surface area contributed by atoms with E-state index in [0.29, 0.717) is 5.56 Å². The topological polar surface area (TPSA) is 60.8 Å². The Kier molecular flexibility index (Phi) is 4.77. The van der Waals surface area contributed by atoms with Gasteiger partial charge in [0.05, 0.1) is 23.8 Å². The predicted octanol–water partition coefficient (Wildman–Crippen LogP) is 3.34. The van der Waals surface area contributed by atoms with E-state index in [-0.39, 0.29) is 16.3 Å². The fourth-order valence-electron chi connectivity index (χ4n) is 3.44. The van der Waals surface area contributed by atoms with E-state index in [1.165, 1.54) is 18.2 Å². The van der Waals surface area contributed by atoms with Crippen LogP contribution in [0.4, 0.5) is 14.5 Å². The number of rotatable bonds is 4. The average molecular weight is 382 g/mol. The van der Waals surface area contributed by atoms with Crippen molar-refractivity contribution in [3.8, 4) is 0 Å². The number of anilines is 1. The lowest BCUT2D eigenvalue weighted by Gasteiger charge is -2.33. The monoisotopic (exact) mass is 381 g/mol. The Bertz CT molecular complexity index is 852. The Morgan fingerprint density at radius 2 is 1.92 bits per heavy atom. The van der Waals surface area contributed by atoms with E-state index in [1.807, 2.05) is 0 Å². The van der Waals surface area contributed by atoms with Crippen LogP contribution in [0.1, 0.15) is 31.0 Å². The number of carbonyl (C=O) groups is 1. The molecule has 0 unspecified atom stereocenters. The van der Waals surface area contributed by atoms with Crippen molar-refractivity contribution in [2.75, 3.05) is 11.5 Å². The fourth-order valence-corrected chi connectivity index (χ4v) is 3.67. The van der Waals surface area contributed by atoms with E-state index in [0.717, 1.165) is 17.0 Å². The summed E-state index contributed by atoms with van der Waals surface area (Å²) < 4.78 is 28.5. The number of fused-ring (bicyclic) bond motifs is 1. The molecule has 2 N–H and O–H groups in total. The Labute approximate surface area is 154 Å². The van der Waals surface area contributed by atoms with E-state index in [2.05, 4.69) is 0 Å². The van der Waals surface area contributed by atoms with Crippen LogP contribution in [-0.2, 0) is 10.2 Å². The molecule has 2 aromatic rings. The second-order valence-electron chi connectivity index (χ2n) is 6.83. The minimum atomic E-state index is -1.46. The van der Waals surface area contributed by atoms with E-state index < -0.39 is 41.7 Å². The molecule has 0 saturated carbocycles. The first kappa shape index (κ1) is 18.8. The summed E-state index contributed by atoms with van der Waals surface area (Å²) in [5, 5.41) is 19.9. The summed E-state index contributed by atoms with van der Waals surface area (Å²) in [5.41, 5.74) is -0.403. The zero-order valence-electron chi connectivity index (χ0n) is 14.2. The van der Waals surface area contributed by atoms with Crippen LogP contribution >= 0.6 is 11.6 Å². The summed E-state index contributed by atoms with van der Waals surface area (Å²) in [6, 6.07) is 6.72. The van der Waals surface area contributed by atoms with Crippen molar-refractivity contribution in [3.63, 3.8) is 0 Å². The summed E-state index contributed by atoms with van der Waals surface area (Å²) in [7, 11) is 0. The highest BCUT2D eigenvalue weighted by atomic mass is 35.5. The zero-order valence-corrected chi connectivity index (χ0v) is 15.0. The Hall–Kier alpha value is -2.02. The maximum atomic E-state index is 14.6. The molecule has 0 fully saturated rings. The van der Waals surface area contributed by atoms with Crippen molar-refractivity contribution in [2.24, 2.45) is 0 Å². The van der Waals surface area contributed by atoms with Gasteiger partial charge in [-0.1, -0.05) is 23.7 Å². The first-order chi connectivity index (χ1) is 12.2. The van der Waals surface area contributed by atoms with Crippen LogP contribution in [0, 0.1) is 11.6 Å². The third-order valence-corrected chi connectivity index (χ3v) is 4.93. The molecule has 3 rings (SSSR count). The van der Waals surface area contributed by atoms with Crippen LogP contribution in [0.2, 0.25) is 5.02 Å². The number of para-hydroxylation sites is 1. The number of benzene rings is 2. The molecule has 26 heavy (non-hydrogen) atoms. The standard InChI is InChI=1S/C19H18ClF2NO3/c1-19(2)13-4-3-5-14(22)17(13)23(18(19)26)16(15(25)9-24)10-6-11(20)8-12(21)7-10/h3-8,15-16,24-25H,9H2,1-2H3/t15-,16+/m1/s1. The number of aliphatic hydroxyl groups excluding tert-OH is 2. The first-order valence-corrected chi connectivity index (χ1v) is 8.44. The summed E-state index contributed by atoms with van der Waals surface area (Å²) in [5.74, 6) is -1.77. The minimum absolute atomic E-state index is 0.0142. The minimum Gasteiger partial charge on any atom is -0.394 e. The molecule has 2 aromatic carbocycles. The maximum Gasteiger partial charge on any atom is 0.237 e. The molecule has 4 nitrogen and oxygen atoms in total. The largest absolute Gasteiger partial charge is 0.394 e. The number of amides is 1. The van der Waals surface area contributed by atoms with Gasteiger partial charge in [-0.25, -0.2) is 8.78 Å². The van der Waals surface area contributed by atoms with Gasteiger partial charge in [0.2, 0.25) is 5.91 Å². The lowest BCUT2D eigenvalue weighted by molar-refractivity contribution is -0.123. The number of halogens is 3. The normalized spacial score (nSPS) is 18.0. The van der Waals surface area contributed by atoms with Gasteiger partial charge in [0.25, 0.3) is 0 Å². The molecule has 7 heteroatoms. The third-order valence-electron chi connectivity index (χ3n) is 4.71. The van der Waals surface area contributed by atoms with E-state index in [4.69, 9.17) is 11.6 Å². The van der Waals surface area contributed by atoms with E-state index in [9.17, 15) is 23.8 Å². The van der Waals surface area contributed by atoms with Gasteiger partial charge in [-0.2, -0.15) is 0 Å². The highest BCUT2D eigenvalue weighted by molar-refractivity contribution is 6.30. The molecule has 2 atom stereocenters. The lowest BCUT2D eigenvalue weighted by atomic mass is 9.86. The van der Waals surface area contributed by atoms with Crippen molar-refractivity contribution in [2.45, 2.75) is 31.4 Å². The molecule has 0 spiro atoms. The van der Waals surface area contributed by atoms with Crippen LogP contribution in [-0.4, -0.2) is 28.8 Å². The Morgan fingerprint density at radius 3 is 2.54 bits per heavy atom. The molecule has 0 saturated heterocycles. The number of hydrogen-bond acceptors (Lipinski definition) is 3. The van der Waals surface area contributed by atoms with Gasteiger partial charge in [0.1, 0.15) is 17.7 Å². The number of nitrogens with zero attached hydrogens (tertiary/aromatic N) is 1. The number of carbonyl (C=O) groups excluding carboxylic acids is 1. The van der Waals surface area contributed by atoms with Crippen molar-refractivity contribution < 1.29 is 23.8 Å². The molecular weight excluding hydrogens is 364 g/mol. The van der Waals surface area contributed by atoms with Crippen LogP contribution in [0.25, 0.3) is 0 Å². The van der Waals surface area contributed by atoms with Crippen molar-refractivity contribution in [3.05, 3.63) is 64.2 Å². The highest BCUT2D eigenvalue weighted by Gasteiger charge is 2.49. The van der Waals surface area contributed by atoms with Crippen LogP contribution < -0.4 is 4.90 Å². The van der Waals surface area contributed by atoms with Crippen LogP contribution in [0.3, 0.4) is 0 Å². The lowest BCUT2D eigenvalue weighted by Crippen LogP contribution is -2.44. The molecule has 1 aliphatic rings. The second-order valence-corrected chi connectivity index (χ2v) is 7.27. The zero-order chi connectivity index (χ0) is 19.2. The summed E-state index contributed by atoms with van der Waals surface area (Å²) in [6.07, 6.45) is -1.46. The van der Waals surface area contributed by atoms with Crippen molar-refractivity contribution in [1.82, 2.24) is 0 Å². The quantitative estimate of drug-likeness (QED) is 0.854. The molecule has 0 radical (unpaired) electrons. The Morgan fingerprint density at radius 1 is 1.23 bits per heavy atom. The Balaban J connectivity index is 2.24. The van der Waals surface area contributed by atoms with Gasteiger partial charge in [-0.15, -0.1) is 0 Å². The van der Waals surface area contributed by atoms with Crippen molar-refractivity contribution in [1.29, 1.82) is 0 Å². The summed E-state index contributed by atoms with van der Waals surface area (Å²) in [4.78, 5) is 14.2.